The maximum Gasteiger partial charge on any atom is 0.407 e. The van der Waals surface area contributed by atoms with Crippen molar-refractivity contribution in [2.45, 2.75) is 70.7 Å². The summed E-state index contributed by atoms with van der Waals surface area (Å²) in [5.41, 5.74) is -0.435. The lowest BCUT2D eigenvalue weighted by Gasteiger charge is -2.25. The molecule has 3 unspecified atom stereocenters. The van der Waals surface area contributed by atoms with Gasteiger partial charge in [0.2, 0.25) is 0 Å². The summed E-state index contributed by atoms with van der Waals surface area (Å²) in [5, 5.41) is 6.66. The van der Waals surface area contributed by atoms with E-state index < -0.39 is 5.60 Å². The first-order valence-corrected chi connectivity index (χ1v) is 8.18. The van der Waals surface area contributed by atoms with E-state index >= 15 is 0 Å². The molecule has 21 heavy (non-hydrogen) atoms. The monoisotopic (exact) mass is 297 g/mol. The number of nitrogens with zero attached hydrogens (tertiary/aromatic N) is 1. The SMILES string of the molecule is CC1CC(NCC(NC(=O)OC(C)(C)C)C2CC2)CN1C. The molecule has 1 saturated carbocycles. The fourth-order valence-electron chi connectivity index (χ4n) is 2.93. The molecule has 122 valence electrons. The van der Waals surface area contributed by atoms with Crippen LogP contribution in [-0.4, -0.2) is 54.9 Å². The van der Waals surface area contributed by atoms with E-state index in [0.717, 1.165) is 13.1 Å². The molecule has 0 bridgehead atoms. The molecule has 0 aromatic rings. The van der Waals surface area contributed by atoms with Crippen LogP contribution in [0.1, 0.15) is 47.0 Å². The molecule has 1 aliphatic heterocycles. The highest BCUT2D eigenvalue weighted by atomic mass is 16.6. The summed E-state index contributed by atoms with van der Waals surface area (Å²) in [6, 6.07) is 1.37. The van der Waals surface area contributed by atoms with Gasteiger partial charge in [-0.3, -0.25) is 0 Å². The predicted molar refractivity (Wildman–Crippen MR) is 84.4 cm³/mol. The zero-order valence-corrected chi connectivity index (χ0v) is 14.1. The maximum atomic E-state index is 11.9. The van der Waals surface area contributed by atoms with Crippen molar-refractivity contribution in [1.29, 1.82) is 0 Å². The maximum absolute atomic E-state index is 11.9. The van der Waals surface area contributed by atoms with Crippen molar-refractivity contribution in [3.05, 3.63) is 0 Å². The minimum atomic E-state index is -0.435. The largest absolute Gasteiger partial charge is 0.444 e. The van der Waals surface area contributed by atoms with Crippen LogP contribution in [0.4, 0.5) is 4.79 Å². The summed E-state index contributed by atoms with van der Waals surface area (Å²) in [6.45, 7) is 9.88. The zero-order chi connectivity index (χ0) is 15.6. The molecule has 1 saturated heterocycles. The van der Waals surface area contributed by atoms with Crippen molar-refractivity contribution in [2.75, 3.05) is 20.1 Å². The Labute approximate surface area is 128 Å². The van der Waals surface area contributed by atoms with E-state index in [1.54, 1.807) is 0 Å². The third kappa shape index (κ3) is 5.47. The van der Waals surface area contributed by atoms with Crippen molar-refractivity contribution in [3.8, 4) is 0 Å². The van der Waals surface area contributed by atoms with Gasteiger partial charge in [-0.15, -0.1) is 0 Å². The first-order valence-electron chi connectivity index (χ1n) is 8.18. The van der Waals surface area contributed by atoms with Gasteiger partial charge < -0.3 is 20.3 Å². The van der Waals surface area contributed by atoms with Crippen LogP contribution >= 0.6 is 0 Å². The van der Waals surface area contributed by atoms with Crippen LogP contribution in [0.25, 0.3) is 0 Å². The summed E-state index contributed by atoms with van der Waals surface area (Å²) in [7, 11) is 2.17. The third-order valence-corrected chi connectivity index (χ3v) is 4.41. The van der Waals surface area contributed by atoms with Crippen LogP contribution in [0.3, 0.4) is 0 Å². The molecule has 5 nitrogen and oxygen atoms in total. The highest BCUT2D eigenvalue weighted by molar-refractivity contribution is 5.68. The van der Waals surface area contributed by atoms with Gasteiger partial charge in [-0.05, 0) is 59.9 Å². The molecule has 1 aliphatic carbocycles. The molecule has 0 aromatic carbocycles. The van der Waals surface area contributed by atoms with Crippen LogP contribution in [0, 0.1) is 5.92 Å². The van der Waals surface area contributed by atoms with Gasteiger partial charge in [-0.1, -0.05) is 0 Å². The topological polar surface area (TPSA) is 53.6 Å². The van der Waals surface area contributed by atoms with Gasteiger partial charge >= 0.3 is 6.09 Å². The normalized spacial score (nSPS) is 28.4. The Balaban J connectivity index is 1.76. The van der Waals surface area contributed by atoms with Crippen LogP contribution in [0.15, 0.2) is 0 Å². The van der Waals surface area contributed by atoms with E-state index in [4.69, 9.17) is 4.74 Å². The molecule has 2 aliphatic rings. The smallest absolute Gasteiger partial charge is 0.407 e. The second-order valence-electron chi connectivity index (χ2n) is 7.72. The van der Waals surface area contributed by atoms with Crippen molar-refractivity contribution < 1.29 is 9.53 Å². The van der Waals surface area contributed by atoms with Gasteiger partial charge in [0.05, 0.1) is 0 Å². The van der Waals surface area contributed by atoms with E-state index in [1.165, 1.54) is 19.3 Å². The molecule has 2 rings (SSSR count). The summed E-state index contributed by atoms with van der Waals surface area (Å²) in [6.07, 6.45) is 3.31. The van der Waals surface area contributed by atoms with E-state index in [9.17, 15) is 4.79 Å². The zero-order valence-electron chi connectivity index (χ0n) is 14.1. The Morgan fingerprint density at radius 3 is 2.52 bits per heavy atom. The van der Waals surface area contributed by atoms with Crippen molar-refractivity contribution in [2.24, 2.45) is 5.92 Å². The Morgan fingerprint density at radius 1 is 1.38 bits per heavy atom. The number of alkyl carbamates (subject to hydrolysis) is 1. The highest BCUT2D eigenvalue weighted by Gasteiger charge is 2.34. The minimum absolute atomic E-state index is 0.195. The Bertz CT molecular complexity index is 353. The standard InChI is InChI=1S/C16H31N3O2/c1-11-8-13(10-19(11)5)17-9-14(12-6-7-12)18-15(20)21-16(2,3)4/h11-14,17H,6-10H2,1-5H3,(H,18,20). The Morgan fingerprint density at radius 2 is 2.05 bits per heavy atom. The summed E-state index contributed by atoms with van der Waals surface area (Å²) >= 11 is 0. The van der Waals surface area contributed by atoms with Gasteiger partial charge in [0.15, 0.2) is 0 Å². The molecule has 3 atom stereocenters. The second-order valence-corrected chi connectivity index (χ2v) is 7.72. The van der Waals surface area contributed by atoms with Gasteiger partial charge in [0, 0.05) is 31.2 Å². The quantitative estimate of drug-likeness (QED) is 0.814. The van der Waals surface area contributed by atoms with E-state index in [2.05, 4.69) is 29.5 Å². The lowest BCUT2D eigenvalue weighted by molar-refractivity contribution is 0.0496. The van der Waals surface area contributed by atoms with Crippen LogP contribution in [0.2, 0.25) is 0 Å². The fourth-order valence-corrected chi connectivity index (χ4v) is 2.93. The number of ether oxygens (including phenoxy) is 1. The van der Waals surface area contributed by atoms with Crippen molar-refractivity contribution in [3.63, 3.8) is 0 Å². The molecule has 2 N–H and O–H groups in total. The number of likely N-dealkylation sites (tertiary alicyclic amines) is 1. The number of carbonyl (C=O) groups is 1. The van der Waals surface area contributed by atoms with Crippen molar-refractivity contribution >= 4 is 6.09 Å². The fraction of sp³-hybridized carbons (Fsp3) is 0.938. The number of hydrogen-bond donors (Lipinski definition) is 2. The first kappa shape index (κ1) is 16.6. The molecule has 0 spiro atoms. The summed E-state index contributed by atoms with van der Waals surface area (Å²) in [4.78, 5) is 14.3. The lowest BCUT2D eigenvalue weighted by atomic mass is 10.1. The van der Waals surface area contributed by atoms with Crippen LogP contribution in [0.5, 0.6) is 0 Å². The molecule has 5 heteroatoms. The average molecular weight is 297 g/mol. The van der Waals surface area contributed by atoms with E-state index in [0.29, 0.717) is 18.0 Å². The predicted octanol–water partition coefficient (Wildman–Crippen LogP) is 1.97. The molecular weight excluding hydrogens is 266 g/mol. The van der Waals surface area contributed by atoms with Gasteiger partial charge in [-0.2, -0.15) is 0 Å². The number of nitrogens with one attached hydrogen (secondary N) is 2. The van der Waals surface area contributed by atoms with Gasteiger partial charge in [-0.25, -0.2) is 4.79 Å². The highest BCUT2D eigenvalue weighted by Crippen LogP contribution is 2.32. The third-order valence-electron chi connectivity index (χ3n) is 4.41. The van der Waals surface area contributed by atoms with Crippen LogP contribution in [-0.2, 0) is 4.74 Å². The molecule has 0 aromatic heterocycles. The second kappa shape index (κ2) is 6.53. The number of carbonyl (C=O) groups excluding carboxylic acids is 1. The number of hydrogen-bond acceptors (Lipinski definition) is 4. The molecular formula is C16H31N3O2. The minimum Gasteiger partial charge on any atom is -0.444 e. The number of rotatable bonds is 5. The number of amides is 1. The van der Waals surface area contributed by atoms with E-state index in [1.807, 2.05) is 20.8 Å². The molecule has 0 radical (unpaired) electrons. The number of likely N-dealkylation sites (N-methyl/N-ethyl adjacent to an activating group) is 1. The van der Waals surface area contributed by atoms with Gasteiger partial charge in [0.25, 0.3) is 0 Å². The average Bonchev–Trinajstić information content (AvgIpc) is 3.11. The Kier molecular flexibility index (Phi) is 5.15. The first-order chi connectivity index (χ1) is 9.74. The summed E-state index contributed by atoms with van der Waals surface area (Å²) in [5.74, 6) is 0.613. The van der Waals surface area contributed by atoms with Crippen LogP contribution < -0.4 is 10.6 Å². The lowest BCUT2D eigenvalue weighted by Crippen LogP contribution is -2.48. The molecule has 1 heterocycles. The molecule has 2 fully saturated rings. The molecule has 1 amide bonds. The Hall–Kier alpha value is -0.810. The van der Waals surface area contributed by atoms with Crippen molar-refractivity contribution in [1.82, 2.24) is 15.5 Å². The van der Waals surface area contributed by atoms with Gasteiger partial charge in [0.1, 0.15) is 5.60 Å². The summed E-state index contributed by atoms with van der Waals surface area (Å²) < 4.78 is 5.37. The van der Waals surface area contributed by atoms with E-state index in [-0.39, 0.29) is 12.1 Å².